The number of anilines is 1. The van der Waals surface area contributed by atoms with Gasteiger partial charge in [0.05, 0.1) is 18.5 Å². The average molecular weight is 332 g/mol. The smallest absolute Gasteiger partial charge is 0.268 e. The fourth-order valence-corrected chi connectivity index (χ4v) is 10.8. The highest BCUT2D eigenvalue weighted by Crippen LogP contribution is 2.77. The van der Waals surface area contributed by atoms with Gasteiger partial charge in [-0.1, -0.05) is 17.7 Å². The van der Waals surface area contributed by atoms with Gasteiger partial charge in [0.15, 0.2) is 5.16 Å². The van der Waals surface area contributed by atoms with Gasteiger partial charge < -0.3 is 5.32 Å². The van der Waals surface area contributed by atoms with Gasteiger partial charge in [-0.15, -0.1) is 0 Å². The molecule has 126 valence electrons. The summed E-state index contributed by atoms with van der Waals surface area (Å²) in [5.74, 6) is 0.343. The molecule has 1 aliphatic heterocycles. The molecule has 3 rings (SSSR count). The van der Waals surface area contributed by atoms with Crippen LogP contribution in [0.25, 0.3) is 0 Å². The van der Waals surface area contributed by atoms with Crippen molar-refractivity contribution in [2.24, 2.45) is 0 Å². The maximum atomic E-state index is 13.4. The average Bonchev–Trinajstić information content (AvgIpc) is 2.91. The van der Waals surface area contributed by atoms with Gasteiger partial charge in [-0.3, -0.25) is 4.79 Å². The summed E-state index contributed by atoms with van der Waals surface area (Å²) < 4.78 is 0. The summed E-state index contributed by atoms with van der Waals surface area (Å²) in [6.07, 6.45) is 10.1. The second-order valence-electron chi connectivity index (χ2n) is 7.73. The van der Waals surface area contributed by atoms with Crippen LogP contribution in [-0.2, 0) is 4.79 Å². The van der Waals surface area contributed by atoms with Crippen molar-refractivity contribution < 1.29 is 4.79 Å². The van der Waals surface area contributed by atoms with E-state index in [1.807, 2.05) is 0 Å². The van der Waals surface area contributed by atoms with E-state index in [4.69, 9.17) is 0 Å². The lowest BCUT2D eigenvalue weighted by Gasteiger charge is -2.47. The molecular weight excluding hydrogens is 301 g/mol. The molecule has 1 saturated heterocycles. The van der Waals surface area contributed by atoms with Crippen molar-refractivity contribution in [1.29, 1.82) is 0 Å². The molecule has 1 saturated carbocycles. The van der Waals surface area contributed by atoms with Crippen LogP contribution in [0.2, 0.25) is 0 Å². The first-order valence-electron chi connectivity index (χ1n) is 9.20. The molecule has 2 fully saturated rings. The van der Waals surface area contributed by atoms with Gasteiger partial charge >= 0.3 is 0 Å². The molecule has 1 aromatic carbocycles. The number of benzene rings is 1. The Kier molecular flexibility index (Phi) is 4.58. The molecule has 1 heterocycles. The number of carbonyl (C=O) groups is 1. The molecule has 23 heavy (non-hydrogen) atoms. The predicted octanol–water partition coefficient (Wildman–Crippen LogP) is 5.30. The van der Waals surface area contributed by atoms with Gasteiger partial charge in [0, 0.05) is 12.9 Å². The lowest BCUT2D eigenvalue weighted by Crippen LogP contribution is -2.51. The van der Waals surface area contributed by atoms with E-state index in [1.165, 1.54) is 54.4 Å². The van der Waals surface area contributed by atoms with Crippen LogP contribution >= 0.6 is 7.26 Å². The van der Waals surface area contributed by atoms with Gasteiger partial charge in [0.25, 0.3) is 5.91 Å². The zero-order valence-electron chi connectivity index (χ0n) is 15.2. The summed E-state index contributed by atoms with van der Waals surface area (Å²) in [6, 6.07) is 4.35. The fraction of sp³-hybridized carbons (Fsp3) is 0.650. The quantitative estimate of drug-likeness (QED) is 0.744. The normalized spacial score (nSPS) is 21.7. The SMILES string of the molecule is CC[P+]1(C2(C(=O)Nc3c(C)cc(C)cc3C)CCC2)CCCC1. The van der Waals surface area contributed by atoms with Gasteiger partial charge in [0.1, 0.15) is 0 Å². The molecule has 2 aliphatic rings. The second kappa shape index (κ2) is 6.20. The molecule has 1 aromatic rings. The van der Waals surface area contributed by atoms with E-state index in [0.29, 0.717) is 5.91 Å². The minimum absolute atomic E-state index is 0.00200. The summed E-state index contributed by atoms with van der Waals surface area (Å²) in [4.78, 5) is 13.4. The van der Waals surface area contributed by atoms with E-state index < -0.39 is 7.26 Å². The van der Waals surface area contributed by atoms with E-state index in [9.17, 15) is 4.79 Å². The van der Waals surface area contributed by atoms with Crippen molar-refractivity contribution in [2.45, 2.75) is 65.0 Å². The minimum Gasteiger partial charge on any atom is -0.322 e. The zero-order valence-corrected chi connectivity index (χ0v) is 16.1. The molecule has 0 atom stereocenters. The number of nitrogens with one attached hydrogen (secondary N) is 1. The number of hydrogen-bond donors (Lipinski definition) is 1. The molecule has 1 amide bonds. The number of aryl methyl sites for hydroxylation is 3. The predicted molar refractivity (Wildman–Crippen MR) is 102 cm³/mol. The van der Waals surface area contributed by atoms with Crippen molar-refractivity contribution in [3.05, 3.63) is 28.8 Å². The van der Waals surface area contributed by atoms with Gasteiger partial charge in [-0.25, -0.2) is 0 Å². The van der Waals surface area contributed by atoms with Crippen LogP contribution in [0.3, 0.4) is 0 Å². The van der Waals surface area contributed by atoms with Crippen LogP contribution in [0.4, 0.5) is 5.69 Å². The van der Waals surface area contributed by atoms with E-state index in [0.717, 1.165) is 18.5 Å². The largest absolute Gasteiger partial charge is 0.322 e. The Hall–Kier alpha value is -0.880. The topological polar surface area (TPSA) is 29.1 Å². The van der Waals surface area contributed by atoms with Gasteiger partial charge in [-0.2, -0.15) is 0 Å². The van der Waals surface area contributed by atoms with Crippen molar-refractivity contribution in [2.75, 3.05) is 23.8 Å². The first kappa shape index (κ1) is 17.0. The maximum Gasteiger partial charge on any atom is 0.268 e. The molecule has 0 bridgehead atoms. The summed E-state index contributed by atoms with van der Waals surface area (Å²) >= 11 is 0. The summed E-state index contributed by atoms with van der Waals surface area (Å²) in [7, 11) is -1.11. The third-order valence-electron chi connectivity index (χ3n) is 6.45. The molecular formula is C20H31NOP+. The number of carbonyl (C=O) groups excluding carboxylic acids is 1. The highest BCUT2D eigenvalue weighted by atomic mass is 31.2. The molecule has 2 nitrogen and oxygen atoms in total. The van der Waals surface area contributed by atoms with Crippen molar-refractivity contribution in [3.8, 4) is 0 Å². The summed E-state index contributed by atoms with van der Waals surface area (Å²) in [5, 5.41) is 3.38. The number of rotatable bonds is 4. The van der Waals surface area contributed by atoms with Crippen LogP contribution in [0.1, 0.15) is 55.7 Å². The second-order valence-corrected chi connectivity index (χ2v) is 12.4. The van der Waals surface area contributed by atoms with E-state index in [-0.39, 0.29) is 5.16 Å². The molecule has 0 aromatic heterocycles. The minimum atomic E-state index is -1.11. The monoisotopic (exact) mass is 332 g/mol. The Morgan fingerprint density at radius 1 is 1.09 bits per heavy atom. The Morgan fingerprint density at radius 2 is 1.65 bits per heavy atom. The van der Waals surface area contributed by atoms with Crippen LogP contribution in [-0.4, -0.2) is 29.5 Å². The molecule has 3 heteroatoms. The lowest BCUT2D eigenvalue weighted by molar-refractivity contribution is -0.120. The van der Waals surface area contributed by atoms with Crippen LogP contribution < -0.4 is 5.32 Å². The van der Waals surface area contributed by atoms with Crippen LogP contribution in [0.15, 0.2) is 12.1 Å². The van der Waals surface area contributed by atoms with Crippen LogP contribution in [0, 0.1) is 20.8 Å². The maximum absolute atomic E-state index is 13.4. The van der Waals surface area contributed by atoms with Crippen molar-refractivity contribution in [3.63, 3.8) is 0 Å². The van der Waals surface area contributed by atoms with Crippen molar-refractivity contribution in [1.82, 2.24) is 0 Å². The zero-order chi connectivity index (χ0) is 16.7. The molecule has 1 N–H and O–H groups in total. The molecule has 0 spiro atoms. The third kappa shape index (κ3) is 2.64. The molecule has 0 radical (unpaired) electrons. The molecule has 1 aliphatic carbocycles. The van der Waals surface area contributed by atoms with E-state index in [1.54, 1.807) is 0 Å². The Balaban J connectivity index is 1.90. The van der Waals surface area contributed by atoms with Gasteiger partial charge in [0.2, 0.25) is 0 Å². The summed E-state index contributed by atoms with van der Waals surface area (Å²) in [6.45, 7) is 8.69. The molecule has 0 unspecified atom stereocenters. The fourth-order valence-electron chi connectivity index (χ4n) is 5.02. The Labute approximate surface area is 141 Å². The van der Waals surface area contributed by atoms with Crippen LogP contribution in [0.5, 0.6) is 0 Å². The third-order valence-corrected chi connectivity index (χ3v) is 12.5. The first-order valence-corrected chi connectivity index (χ1v) is 11.5. The standard InChI is InChI=1S/C20H30NOP/c1-5-23(11-6-7-12-23)20(9-8-10-20)19(22)21-18-16(3)13-15(2)14-17(18)4/h13-14H,5-12H2,1-4H3/p+1. The first-order chi connectivity index (χ1) is 10.9. The highest BCUT2D eigenvalue weighted by molar-refractivity contribution is 7.78. The number of hydrogen-bond acceptors (Lipinski definition) is 1. The number of amides is 1. The summed E-state index contributed by atoms with van der Waals surface area (Å²) in [5.41, 5.74) is 4.71. The Bertz CT molecular complexity index is 589. The lowest BCUT2D eigenvalue weighted by atomic mass is 9.83. The highest BCUT2D eigenvalue weighted by Gasteiger charge is 2.65. The van der Waals surface area contributed by atoms with Crippen molar-refractivity contribution >= 4 is 18.9 Å². The Morgan fingerprint density at radius 3 is 2.09 bits per heavy atom. The van der Waals surface area contributed by atoms with E-state index in [2.05, 4.69) is 45.1 Å². The van der Waals surface area contributed by atoms with Gasteiger partial charge in [-0.05, 0) is 70.9 Å². The van der Waals surface area contributed by atoms with E-state index >= 15 is 0 Å².